The zero-order valence-corrected chi connectivity index (χ0v) is 13.7. The largest absolute Gasteiger partial charge is 0.435 e. The number of rotatable bonds is 3. The van der Waals surface area contributed by atoms with Crippen LogP contribution in [0.5, 0.6) is 0 Å². The Kier molecular flexibility index (Phi) is 4.11. The van der Waals surface area contributed by atoms with Crippen LogP contribution in [-0.4, -0.2) is 29.6 Å². The van der Waals surface area contributed by atoms with E-state index in [4.69, 9.17) is 0 Å². The molecule has 0 radical (unpaired) electrons. The van der Waals surface area contributed by atoms with Crippen LogP contribution in [0.4, 0.5) is 13.2 Å². The molecule has 3 rings (SSSR count). The zero-order valence-electron chi connectivity index (χ0n) is 12.9. The van der Waals surface area contributed by atoms with Crippen molar-refractivity contribution in [3.63, 3.8) is 0 Å². The van der Waals surface area contributed by atoms with Gasteiger partial charge in [0.25, 0.3) is 0 Å². The summed E-state index contributed by atoms with van der Waals surface area (Å²) in [5.41, 5.74) is -0.880. The highest BCUT2D eigenvalue weighted by Crippen LogP contribution is 2.37. The molecule has 2 heterocycles. The van der Waals surface area contributed by atoms with Crippen LogP contribution < -0.4 is 0 Å². The summed E-state index contributed by atoms with van der Waals surface area (Å²) in [6.07, 6.45) is -2.20. The molecule has 1 N–H and O–H groups in total. The van der Waals surface area contributed by atoms with Gasteiger partial charge in [-0.25, -0.2) is 13.4 Å². The molecule has 130 valence electrons. The molecule has 3 aromatic rings. The number of sulfone groups is 1. The van der Waals surface area contributed by atoms with Crippen molar-refractivity contribution in [2.45, 2.75) is 11.1 Å². The fraction of sp³-hybridized carbons (Fsp3) is 0.125. The van der Waals surface area contributed by atoms with E-state index in [9.17, 15) is 21.6 Å². The van der Waals surface area contributed by atoms with E-state index in [-0.39, 0.29) is 27.7 Å². The fourth-order valence-corrected chi connectivity index (χ4v) is 2.91. The Morgan fingerprint density at radius 1 is 1.04 bits per heavy atom. The first-order valence-corrected chi connectivity index (χ1v) is 8.94. The second kappa shape index (κ2) is 5.99. The van der Waals surface area contributed by atoms with Gasteiger partial charge in [-0.3, -0.25) is 4.98 Å². The van der Waals surface area contributed by atoms with Crippen LogP contribution in [0.25, 0.3) is 22.8 Å². The molecule has 9 heteroatoms. The number of nitrogens with one attached hydrogen (secondary N) is 1. The highest BCUT2D eigenvalue weighted by atomic mass is 32.2. The third-order valence-electron chi connectivity index (χ3n) is 3.45. The van der Waals surface area contributed by atoms with Crippen molar-refractivity contribution in [3.8, 4) is 22.8 Å². The normalized spacial score (nSPS) is 12.3. The molecule has 0 spiro atoms. The first kappa shape index (κ1) is 17.2. The van der Waals surface area contributed by atoms with E-state index in [2.05, 4.69) is 15.0 Å². The van der Waals surface area contributed by atoms with Crippen LogP contribution >= 0.6 is 0 Å². The molecular weight excluding hydrogens is 355 g/mol. The molecule has 2 aromatic heterocycles. The lowest BCUT2D eigenvalue weighted by atomic mass is 10.1. The van der Waals surface area contributed by atoms with E-state index < -0.39 is 21.7 Å². The number of hydrogen-bond donors (Lipinski definition) is 1. The van der Waals surface area contributed by atoms with Gasteiger partial charge in [0.2, 0.25) is 0 Å². The number of alkyl halides is 3. The number of pyridine rings is 1. The average Bonchev–Trinajstić information content (AvgIpc) is 3.01. The lowest BCUT2D eigenvalue weighted by molar-refractivity contribution is -0.140. The summed E-state index contributed by atoms with van der Waals surface area (Å²) in [4.78, 5) is 10.3. The molecule has 5 nitrogen and oxygen atoms in total. The lowest BCUT2D eigenvalue weighted by Crippen LogP contribution is -2.07. The number of imidazole rings is 1. The van der Waals surface area contributed by atoms with Crippen LogP contribution in [0.2, 0.25) is 0 Å². The third-order valence-corrected chi connectivity index (χ3v) is 4.58. The van der Waals surface area contributed by atoms with Gasteiger partial charge in [0.05, 0.1) is 10.6 Å². The Balaban J connectivity index is 2.13. The topological polar surface area (TPSA) is 75.7 Å². The molecule has 0 unspecified atom stereocenters. The highest BCUT2D eigenvalue weighted by Gasteiger charge is 2.38. The van der Waals surface area contributed by atoms with Crippen molar-refractivity contribution in [3.05, 3.63) is 54.4 Å². The van der Waals surface area contributed by atoms with Gasteiger partial charge in [0, 0.05) is 18.0 Å². The van der Waals surface area contributed by atoms with E-state index in [0.717, 1.165) is 6.26 Å². The second-order valence-corrected chi connectivity index (χ2v) is 7.33. The van der Waals surface area contributed by atoms with Crippen LogP contribution in [0, 0.1) is 0 Å². The number of halogens is 3. The number of hydrogen-bond acceptors (Lipinski definition) is 4. The average molecular weight is 367 g/mol. The molecular formula is C16H12F3N3O2S. The van der Waals surface area contributed by atoms with Crippen molar-refractivity contribution in [1.82, 2.24) is 15.0 Å². The van der Waals surface area contributed by atoms with Crippen LogP contribution in [0.15, 0.2) is 53.6 Å². The second-order valence-electron chi connectivity index (χ2n) is 5.32. The molecule has 0 aliphatic heterocycles. The summed E-state index contributed by atoms with van der Waals surface area (Å²) < 4.78 is 63.0. The fourth-order valence-electron chi connectivity index (χ4n) is 2.28. The first-order valence-electron chi connectivity index (χ1n) is 7.05. The van der Waals surface area contributed by atoms with Crippen LogP contribution in [0.3, 0.4) is 0 Å². The van der Waals surface area contributed by atoms with Crippen LogP contribution in [0.1, 0.15) is 5.69 Å². The molecule has 0 bridgehead atoms. The smallest absolute Gasteiger partial charge is 0.336 e. The Bertz CT molecular complexity index is 995. The molecule has 0 amide bonds. The highest BCUT2D eigenvalue weighted by molar-refractivity contribution is 7.90. The number of H-pyrrole nitrogens is 1. The van der Waals surface area contributed by atoms with Gasteiger partial charge in [0.1, 0.15) is 5.69 Å². The lowest BCUT2D eigenvalue weighted by Gasteiger charge is -2.07. The Labute approximate surface area is 141 Å². The predicted octanol–water partition coefficient (Wildman–Crippen LogP) is 3.56. The number of benzene rings is 1. The summed E-state index contributed by atoms with van der Waals surface area (Å²) in [5, 5.41) is 0. The summed E-state index contributed by atoms with van der Waals surface area (Å²) in [5.74, 6) is -0.0184. The summed E-state index contributed by atoms with van der Waals surface area (Å²) >= 11 is 0. The van der Waals surface area contributed by atoms with Crippen molar-refractivity contribution in [2.24, 2.45) is 0 Å². The van der Waals surface area contributed by atoms with Crippen molar-refractivity contribution < 1.29 is 21.6 Å². The number of aromatic nitrogens is 3. The SMILES string of the molecule is CS(=O)(=O)c1ccc(-c2[nH]c(-c3ccccn3)nc2C(F)(F)F)cc1. The summed E-state index contributed by atoms with van der Waals surface area (Å²) in [6, 6.07) is 9.94. The van der Waals surface area contributed by atoms with Gasteiger partial charge in [0.15, 0.2) is 21.4 Å². The van der Waals surface area contributed by atoms with Crippen LogP contribution in [-0.2, 0) is 16.0 Å². The zero-order chi connectivity index (χ0) is 18.2. The molecule has 0 saturated heterocycles. The minimum absolute atomic E-state index is 0.0184. The van der Waals surface area contributed by atoms with Gasteiger partial charge in [-0.1, -0.05) is 18.2 Å². The predicted molar refractivity (Wildman–Crippen MR) is 85.4 cm³/mol. The van der Waals surface area contributed by atoms with Gasteiger partial charge >= 0.3 is 6.18 Å². The standard InChI is InChI=1S/C16H12F3N3O2S/c1-25(23,24)11-7-5-10(6-8-11)13-14(16(17,18)19)22-15(21-13)12-4-2-3-9-20-12/h2-9H,1H3,(H,21,22). The number of aromatic amines is 1. The van der Waals surface area contributed by atoms with E-state index in [1.54, 1.807) is 12.1 Å². The van der Waals surface area contributed by atoms with Crippen molar-refractivity contribution in [2.75, 3.05) is 6.26 Å². The summed E-state index contributed by atoms with van der Waals surface area (Å²) in [6.45, 7) is 0. The Hall–Kier alpha value is -2.68. The monoisotopic (exact) mass is 367 g/mol. The molecule has 0 atom stereocenters. The maximum absolute atomic E-state index is 13.3. The molecule has 0 aliphatic carbocycles. The molecule has 0 saturated carbocycles. The Morgan fingerprint density at radius 3 is 2.24 bits per heavy atom. The Morgan fingerprint density at radius 2 is 1.72 bits per heavy atom. The van der Waals surface area contributed by atoms with Gasteiger partial charge in [-0.05, 0) is 24.3 Å². The van der Waals surface area contributed by atoms with Gasteiger partial charge in [-0.15, -0.1) is 0 Å². The number of nitrogens with zero attached hydrogens (tertiary/aromatic N) is 2. The van der Waals surface area contributed by atoms with E-state index in [1.165, 1.54) is 36.5 Å². The van der Waals surface area contributed by atoms with Gasteiger partial charge < -0.3 is 4.98 Å². The quantitative estimate of drug-likeness (QED) is 0.768. The van der Waals surface area contributed by atoms with E-state index in [0.29, 0.717) is 0 Å². The molecule has 0 fully saturated rings. The minimum Gasteiger partial charge on any atom is -0.336 e. The van der Waals surface area contributed by atoms with Crippen molar-refractivity contribution >= 4 is 9.84 Å². The van der Waals surface area contributed by atoms with E-state index >= 15 is 0 Å². The summed E-state index contributed by atoms with van der Waals surface area (Å²) in [7, 11) is -3.44. The first-order chi connectivity index (χ1) is 11.7. The third kappa shape index (κ3) is 3.55. The van der Waals surface area contributed by atoms with Gasteiger partial charge in [-0.2, -0.15) is 13.2 Å². The molecule has 1 aromatic carbocycles. The minimum atomic E-state index is -4.67. The maximum atomic E-state index is 13.3. The molecule has 0 aliphatic rings. The van der Waals surface area contributed by atoms with Crippen molar-refractivity contribution in [1.29, 1.82) is 0 Å². The van der Waals surface area contributed by atoms with E-state index in [1.807, 2.05) is 0 Å². The molecule has 25 heavy (non-hydrogen) atoms. The maximum Gasteiger partial charge on any atom is 0.435 e.